The van der Waals surface area contributed by atoms with E-state index in [1.807, 2.05) is 6.07 Å². The molecule has 1 atom stereocenters. The van der Waals surface area contributed by atoms with Gasteiger partial charge in [-0.05, 0) is 44.2 Å². The second kappa shape index (κ2) is 6.57. The number of carbonyl (C=O) groups is 1. The van der Waals surface area contributed by atoms with E-state index in [0.717, 1.165) is 30.8 Å². The minimum Gasteiger partial charge on any atom is -0.370 e. The standard InChI is InChI=1S/C19H25N3O/c1-13-14(2)21-18-9-5-4-8-17(18)19(13)22-10-6-7-16(12-22)11-20-15(3)23/h4-5,8-9,16H,6-7,10-12H2,1-3H3,(H,20,23). The first-order chi connectivity index (χ1) is 11.1. The van der Waals surface area contributed by atoms with E-state index in [-0.39, 0.29) is 5.91 Å². The molecule has 1 fully saturated rings. The molecule has 0 radical (unpaired) electrons. The second-order valence-electron chi connectivity index (χ2n) is 6.58. The molecule has 0 bridgehead atoms. The molecule has 1 amide bonds. The Morgan fingerprint density at radius 1 is 1.35 bits per heavy atom. The Bertz CT molecular complexity index is 726. The fourth-order valence-electron chi connectivity index (χ4n) is 3.54. The molecule has 122 valence electrons. The smallest absolute Gasteiger partial charge is 0.216 e. The molecule has 1 aromatic carbocycles. The molecule has 4 nitrogen and oxygen atoms in total. The Balaban J connectivity index is 1.93. The van der Waals surface area contributed by atoms with Gasteiger partial charge in [-0.15, -0.1) is 0 Å². The molecule has 0 saturated carbocycles. The molecule has 1 aromatic heterocycles. The molecule has 4 heteroatoms. The third-order valence-corrected chi connectivity index (χ3v) is 4.82. The summed E-state index contributed by atoms with van der Waals surface area (Å²) in [6, 6.07) is 8.39. The summed E-state index contributed by atoms with van der Waals surface area (Å²) in [5, 5.41) is 4.20. The van der Waals surface area contributed by atoms with Crippen LogP contribution in [0.25, 0.3) is 10.9 Å². The van der Waals surface area contributed by atoms with E-state index in [0.29, 0.717) is 5.92 Å². The first-order valence-electron chi connectivity index (χ1n) is 8.41. The molecule has 1 aliphatic heterocycles. The molecule has 0 aliphatic carbocycles. The number of nitrogens with one attached hydrogen (secondary N) is 1. The van der Waals surface area contributed by atoms with Crippen molar-refractivity contribution in [1.29, 1.82) is 0 Å². The average molecular weight is 311 g/mol. The van der Waals surface area contributed by atoms with Crippen molar-refractivity contribution in [3.05, 3.63) is 35.5 Å². The van der Waals surface area contributed by atoms with E-state index >= 15 is 0 Å². The normalized spacial score (nSPS) is 18.2. The van der Waals surface area contributed by atoms with Crippen LogP contribution in [0.5, 0.6) is 0 Å². The van der Waals surface area contributed by atoms with Gasteiger partial charge < -0.3 is 10.2 Å². The van der Waals surface area contributed by atoms with Crippen LogP contribution in [0.15, 0.2) is 24.3 Å². The minimum atomic E-state index is 0.0588. The van der Waals surface area contributed by atoms with E-state index in [4.69, 9.17) is 4.98 Å². The topological polar surface area (TPSA) is 45.2 Å². The number of piperidine rings is 1. The molecule has 2 heterocycles. The summed E-state index contributed by atoms with van der Waals surface area (Å²) in [6.45, 7) is 8.68. The summed E-state index contributed by atoms with van der Waals surface area (Å²) in [7, 11) is 0. The van der Waals surface area contributed by atoms with Crippen LogP contribution >= 0.6 is 0 Å². The first kappa shape index (κ1) is 15.8. The van der Waals surface area contributed by atoms with Crippen molar-refractivity contribution in [3.8, 4) is 0 Å². The number of para-hydroxylation sites is 1. The molecular formula is C19H25N3O. The zero-order valence-corrected chi connectivity index (χ0v) is 14.2. The predicted octanol–water partition coefficient (Wildman–Crippen LogP) is 3.20. The van der Waals surface area contributed by atoms with E-state index in [1.54, 1.807) is 6.92 Å². The maximum Gasteiger partial charge on any atom is 0.216 e. The fraction of sp³-hybridized carbons (Fsp3) is 0.474. The number of aromatic nitrogens is 1. The van der Waals surface area contributed by atoms with Crippen LogP contribution in [0, 0.1) is 19.8 Å². The molecular weight excluding hydrogens is 286 g/mol. The van der Waals surface area contributed by atoms with Crippen LogP contribution < -0.4 is 10.2 Å². The molecule has 23 heavy (non-hydrogen) atoms. The van der Waals surface area contributed by atoms with Crippen molar-refractivity contribution >= 4 is 22.5 Å². The number of fused-ring (bicyclic) bond motifs is 1. The van der Waals surface area contributed by atoms with Crippen LogP contribution in [-0.2, 0) is 4.79 Å². The van der Waals surface area contributed by atoms with Crippen LogP contribution in [0.2, 0.25) is 0 Å². The van der Waals surface area contributed by atoms with Crippen LogP contribution in [0.4, 0.5) is 5.69 Å². The van der Waals surface area contributed by atoms with Crippen molar-refractivity contribution in [2.75, 3.05) is 24.5 Å². The Labute approximate surface area is 137 Å². The number of rotatable bonds is 3. The van der Waals surface area contributed by atoms with Crippen molar-refractivity contribution in [3.63, 3.8) is 0 Å². The Morgan fingerprint density at radius 2 is 2.13 bits per heavy atom. The van der Waals surface area contributed by atoms with Gasteiger partial charge in [-0.1, -0.05) is 18.2 Å². The second-order valence-corrected chi connectivity index (χ2v) is 6.58. The van der Waals surface area contributed by atoms with Crippen molar-refractivity contribution in [1.82, 2.24) is 10.3 Å². The van der Waals surface area contributed by atoms with Gasteiger partial charge in [-0.3, -0.25) is 9.78 Å². The summed E-state index contributed by atoms with van der Waals surface area (Å²) in [5.41, 5.74) is 4.75. The van der Waals surface area contributed by atoms with Gasteiger partial charge in [0, 0.05) is 37.6 Å². The SMILES string of the molecule is CC(=O)NCC1CCCN(c2c(C)c(C)nc3ccccc23)C1. The summed E-state index contributed by atoms with van der Waals surface area (Å²) in [5.74, 6) is 0.572. The monoisotopic (exact) mass is 311 g/mol. The lowest BCUT2D eigenvalue weighted by molar-refractivity contribution is -0.119. The third-order valence-electron chi connectivity index (χ3n) is 4.82. The van der Waals surface area contributed by atoms with Gasteiger partial charge in [0.2, 0.25) is 5.91 Å². The molecule has 1 saturated heterocycles. The highest BCUT2D eigenvalue weighted by Gasteiger charge is 2.23. The van der Waals surface area contributed by atoms with Crippen LogP contribution in [-0.4, -0.2) is 30.5 Å². The summed E-state index contributed by atoms with van der Waals surface area (Å²) >= 11 is 0. The van der Waals surface area contributed by atoms with E-state index < -0.39 is 0 Å². The van der Waals surface area contributed by atoms with E-state index in [2.05, 4.69) is 42.3 Å². The van der Waals surface area contributed by atoms with Gasteiger partial charge in [0.15, 0.2) is 0 Å². The molecule has 1 unspecified atom stereocenters. The molecule has 0 spiro atoms. The minimum absolute atomic E-state index is 0.0588. The lowest BCUT2D eigenvalue weighted by Crippen LogP contribution is -2.41. The largest absolute Gasteiger partial charge is 0.370 e. The summed E-state index contributed by atoms with van der Waals surface area (Å²) in [4.78, 5) is 18.4. The molecule has 1 aliphatic rings. The number of hydrogen-bond acceptors (Lipinski definition) is 3. The van der Waals surface area contributed by atoms with Gasteiger partial charge in [0.25, 0.3) is 0 Å². The van der Waals surface area contributed by atoms with Gasteiger partial charge in [-0.2, -0.15) is 0 Å². The highest BCUT2D eigenvalue weighted by atomic mass is 16.1. The summed E-state index contributed by atoms with van der Waals surface area (Å²) < 4.78 is 0. The number of anilines is 1. The number of benzene rings is 1. The average Bonchev–Trinajstić information content (AvgIpc) is 2.54. The highest BCUT2D eigenvalue weighted by Crippen LogP contribution is 2.33. The number of nitrogens with zero attached hydrogens (tertiary/aromatic N) is 2. The molecule has 2 aromatic rings. The fourth-order valence-corrected chi connectivity index (χ4v) is 3.54. The summed E-state index contributed by atoms with van der Waals surface area (Å²) in [6.07, 6.45) is 2.34. The van der Waals surface area contributed by atoms with Gasteiger partial charge >= 0.3 is 0 Å². The van der Waals surface area contributed by atoms with E-state index in [1.165, 1.54) is 29.5 Å². The van der Waals surface area contributed by atoms with Crippen molar-refractivity contribution in [2.24, 2.45) is 5.92 Å². The Kier molecular flexibility index (Phi) is 4.51. The van der Waals surface area contributed by atoms with Crippen molar-refractivity contribution < 1.29 is 4.79 Å². The van der Waals surface area contributed by atoms with Gasteiger partial charge in [0.1, 0.15) is 0 Å². The highest BCUT2D eigenvalue weighted by molar-refractivity contribution is 5.93. The lowest BCUT2D eigenvalue weighted by Gasteiger charge is -2.36. The predicted molar refractivity (Wildman–Crippen MR) is 94.8 cm³/mol. The third kappa shape index (κ3) is 3.31. The lowest BCUT2D eigenvalue weighted by atomic mass is 9.95. The Hall–Kier alpha value is -2.10. The molecule has 3 rings (SSSR count). The number of amides is 1. The number of pyridine rings is 1. The maximum atomic E-state index is 11.2. The van der Waals surface area contributed by atoms with Crippen LogP contribution in [0.3, 0.4) is 0 Å². The number of hydrogen-bond donors (Lipinski definition) is 1. The van der Waals surface area contributed by atoms with E-state index in [9.17, 15) is 4.79 Å². The first-order valence-corrected chi connectivity index (χ1v) is 8.41. The number of aryl methyl sites for hydroxylation is 1. The zero-order valence-electron chi connectivity index (χ0n) is 14.2. The van der Waals surface area contributed by atoms with Gasteiger partial charge in [0.05, 0.1) is 11.2 Å². The zero-order chi connectivity index (χ0) is 16.4. The van der Waals surface area contributed by atoms with Crippen LogP contribution in [0.1, 0.15) is 31.0 Å². The van der Waals surface area contributed by atoms with Gasteiger partial charge in [-0.25, -0.2) is 0 Å². The quantitative estimate of drug-likeness (QED) is 0.947. The maximum absolute atomic E-state index is 11.2. The van der Waals surface area contributed by atoms with Crippen molar-refractivity contribution in [2.45, 2.75) is 33.6 Å². The Morgan fingerprint density at radius 3 is 2.91 bits per heavy atom. The number of carbonyl (C=O) groups excluding carboxylic acids is 1. The molecule has 1 N–H and O–H groups in total.